The summed E-state index contributed by atoms with van der Waals surface area (Å²) in [5, 5.41) is 6.06. The third kappa shape index (κ3) is 2.60. The fourth-order valence-electron chi connectivity index (χ4n) is 2.46. The number of benzene rings is 1. The number of hydrogen-bond acceptors (Lipinski definition) is 1. The Morgan fingerprint density at radius 3 is 2.47 bits per heavy atom. The summed E-state index contributed by atoms with van der Waals surface area (Å²) >= 11 is 0. The number of carbonyl (C=O) groups is 1. The van der Waals surface area contributed by atoms with Crippen molar-refractivity contribution in [3.63, 3.8) is 0 Å². The van der Waals surface area contributed by atoms with Crippen molar-refractivity contribution in [3.05, 3.63) is 35.4 Å². The van der Waals surface area contributed by atoms with E-state index in [1.165, 1.54) is 11.1 Å². The van der Waals surface area contributed by atoms with Crippen molar-refractivity contribution in [2.75, 3.05) is 0 Å². The first kappa shape index (κ1) is 10.6. The van der Waals surface area contributed by atoms with Crippen LogP contribution in [0.25, 0.3) is 0 Å². The van der Waals surface area contributed by atoms with Crippen LogP contribution in [0.2, 0.25) is 0 Å². The molecule has 1 saturated carbocycles. The number of amides is 2. The zero-order valence-electron chi connectivity index (χ0n) is 9.91. The maximum absolute atomic E-state index is 11.7. The summed E-state index contributed by atoms with van der Waals surface area (Å²) in [5.41, 5.74) is 2.82. The van der Waals surface area contributed by atoms with Gasteiger partial charge in [-0.15, -0.1) is 0 Å². The van der Waals surface area contributed by atoms with E-state index in [0.29, 0.717) is 12.1 Å². The lowest BCUT2D eigenvalue weighted by atomic mass is 9.88. The number of fused-ring (bicyclic) bond motifs is 1. The molecule has 0 aromatic heterocycles. The Morgan fingerprint density at radius 1 is 1.00 bits per heavy atom. The number of hydrogen-bond donors (Lipinski definition) is 2. The second kappa shape index (κ2) is 4.40. The lowest BCUT2D eigenvalue weighted by Gasteiger charge is -2.25. The van der Waals surface area contributed by atoms with Crippen LogP contribution in [0.3, 0.4) is 0 Å². The van der Waals surface area contributed by atoms with E-state index in [2.05, 4.69) is 34.9 Å². The summed E-state index contributed by atoms with van der Waals surface area (Å²) < 4.78 is 0. The Kier molecular flexibility index (Phi) is 2.75. The summed E-state index contributed by atoms with van der Waals surface area (Å²) in [7, 11) is 0. The monoisotopic (exact) mass is 230 g/mol. The van der Waals surface area contributed by atoms with Gasteiger partial charge >= 0.3 is 6.03 Å². The minimum Gasteiger partial charge on any atom is -0.335 e. The molecule has 3 nitrogen and oxygen atoms in total. The number of aryl methyl sites for hydroxylation is 1. The van der Waals surface area contributed by atoms with Crippen LogP contribution in [0, 0.1) is 0 Å². The van der Waals surface area contributed by atoms with E-state index in [0.717, 1.165) is 32.1 Å². The van der Waals surface area contributed by atoms with Crippen LogP contribution in [0.4, 0.5) is 4.79 Å². The second-order valence-corrected chi connectivity index (χ2v) is 5.10. The van der Waals surface area contributed by atoms with Crippen molar-refractivity contribution >= 4 is 6.03 Å². The van der Waals surface area contributed by atoms with Gasteiger partial charge in [0.1, 0.15) is 0 Å². The molecule has 3 rings (SSSR count). The van der Waals surface area contributed by atoms with Crippen LogP contribution in [-0.4, -0.2) is 18.1 Å². The Labute approximate surface area is 102 Å². The third-order valence-corrected chi connectivity index (χ3v) is 3.59. The highest BCUT2D eigenvalue weighted by Gasteiger charge is 2.25. The Bertz CT molecular complexity index is 426. The van der Waals surface area contributed by atoms with Crippen molar-refractivity contribution in [3.8, 4) is 0 Å². The predicted molar refractivity (Wildman–Crippen MR) is 66.9 cm³/mol. The van der Waals surface area contributed by atoms with E-state index in [9.17, 15) is 4.79 Å². The zero-order valence-corrected chi connectivity index (χ0v) is 9.91. The van der Waals surface area contributed by atoms with Gasteiger partial charge in [-0.2, -0.15) is 0 Å². The molecule has 2 N–H and O–H groups in total. The van der Waals surface area contributed by atoms with Crippen molar-refractivity contribution < 1.29 is 4.79 Å². The normalized spacial score (nSPS) is 22.7. The topological polar surface area (TPSA) is 41.1 Å². The molecule has 0 aliphatic heterocycles. The first-order valence-corrected chi connectivity index (χ1v) is 6.45. The minimum absolute atomic E-state index is 0.0110. The van der Waals surface area contributed by atoms with E-state index in [1.807, 2.05) is 0 Å². The maximum Gasteiger partial charge on any atom is 0.315 e. The van der Waals surface area contributed by atoms with Gasteiger partial charge in [-0.25, -0.2) is 4.79 Å². The van der Waals surface area contributed by atoms with Crippen LogP contribution < -0.4 is 10.6 Å². The standard InChI is InChI=1S/C14H18N2O/c17-14(15-12-7-8-12)16-13-6-5-10-3-1-2-4-11(10)9-13/h1-4,12-13H,5-9H2,(H2,15,16,17). The molecule has 3 heteroatoms. The molecule has 0 saturated heterocycles. The molecule has 1 unspecified atom stereocenters. The number of urea groups is 1. The first-order valence-electron chi connectivity index (χ1n) is 6.45. The Hall–Kier alpha value is -1.51. The van der Waals surface area contributed by atoms with Gasteiger partial charge in [-0.1, -0.05) is 24.3 Å². The highest BCUT2D eigenvalue weighted by atomic mass is 16.2. The largest absolute Gasteiger partial charge is 0.335 e. The van der Waals surface area contributed by atoms with E-state index in [1.54, 1.807) is 0 Å². The summed E-state index contributed by atoms with van der Waals surface area (Å²) in [6.07, 6.45) is 5.37. The lowest BCUT2D eigenvalue weighted by Crippen LogP contribution is -2.45. The molecular weight excluding hydrogens is 212 g/mol. The Morgan fingerprint density at radius 2 is 1.71 bits per heavy atom. The molecule has 90 valence electrons. The summed E-state index contributed by atoms with van der Waals surface area (Å²) in [4.78, 5) is 11.7. The van der Waals surface area contributed by atoms with Crippen LogP contribution in [0.15, 0.2) is 24.3 Å². The molecule has 1 aromatic rings. The highest BCUT2D eigenvalue weighted by molar-refractivity contribution is 5.75. The zero-order chi connectivity index (χ0) is 11.7. The van der Waals surface area contributed by atoms with Gasteiger partial charge in [-0.05, 0) is 43.2 Å². The summed E-state index contributed by atoms with van der Waals surface area (Å²) in [6.45, 7) is 0. The molecular formula is C14H18N2O. The molecule has 1 aromatic carbocycles. The van der Waals surface area contributed by atoms with E-state index in [4.69, 9.17) is 0 Å². The SMILES string of the molecule is O=C(NC1CC1)NC1CCc2ccccc2C1. The van der Waals surface area contributed by atoms with Gasteiger partial charge in [0, 0.05) is 12.1 Å². The van der Waals surface area contributed by atoms with Gasteiger partial charge in [0.25, 0.3) is 0 Å². The quantitative estimate of drug-likeness (QED) is 0.801. The van der Waals surface area contributed by atoms with Gasteiger partial charge in [0.15, 0.2) is 0 Å². The van der Waals surface area contributed by atoms with Gasteiger partial charge < -0.3 is 10.6 Å². The van der Waals surface area contributed by atoms with E-state index >= 15 is 0 Å². The van der Waals surface area contributed by atoms with Crippen molar-refractivity contribution in [1.29, 1.82) is 0 Å². The molecule has 17 heavy (non-hydrogen) atoms. The molecule has 2 aliphatic carbocycles. The molecule has 2 amide bonds. The van der Waals surface area contributed by atoms with E-state index < -0.39 is 0 Å². The van der Waals surface area contributed by atoms with Crippen LogP contribution in [-0.2, 0) is 12.8 Å². The van der Waals surface area contributed by atoms with Crippen LogP contribution in [0.1, 0.15) is 30.4 Å². The van der Waals surface area contributed by atoms with Crippen molar-refractivity contribution in [2.45, 2.75) is 44.2 Å². The van der Waals surface area contributed by atoms with Crippen molar-refractivity contribution in [1.82, 2.24) is 10.6 Å². The summed E-state index contributed by atoms with van der Waals surface area (Å²) in [6, 6.07) is 9.27. The lowest BCUT2D eigenvalue weighted by molar-refractivity contribution is 0.235. The molecule has 0 bridgehead atoms. The smallest absolute Gasteiger partial charge is 0.315 e. The Balaban J connectivity index is 1.57. The fraction of sp³-hybridized carbons (Fsp3) is 0.500. The fourth-order valence-corrected chi connectivity index (χ4v) is 2.46. The average molecular weight is 230 g/mol. The van der Waals surface area contributed by atoms with Crippen LogP contribution in [0.5, 0.6) is 0 Å². The maximum atomic E-state index is 11.7. The minimum atomic E-state index is 0.0110. The second-order valence-electron chi connectivity index (χ2n) is 5.10. The predicted octanol–water partition coefficient (Wildman–Crippen LogP) is 2.01. The molecule has 0 heterocycles. The summed E-state index contributed by atoms with van der Waals surface area (Å²) in [5.74, 6) is 0. The molecule has 2 aliphatic rings. The number of rotatable bonds is 2. The average Bonchev–Trinajstić information content (AvgIpc) is 3.12. The van der Waals surface area contributed by atoms with Crippen LogP contribution >= 0.6 is 0 Å². The van der Waals surface area contributed by atoms with E-state index in [-0.39, 0.29) is 6.03 Å². The number of nitrogens with one attached hydrogen (secondary N) is 2. The number of carbonyl (C=O) groups excluding carboxylic acids is 1. The molecule has 0 radical (unpaired) electrons. The van der Waals surface area contributed by atoms with Gasteiger partial charge in [0.2, 0.25) is 0 Å². The third-order valence-electron chi connectivity index (χ3n) is 3.59. The van der Waals surface area contributed by atoms with Gasteiger partial charge in [-0.3, -0.25) is 0 Å². The highest BCUT2D eigenvalue weighted by Crippen LogP contribution is 2.21. The molecule has 1 atom stereocenters. The molecule has 1 fully saturated rings. The first-order chi connectivity index (χ1) is 8.31. The molecule has 0 spiro atoms. The van der Waals surface area contributed by atoms with Gasteiger partial charge in [0.05, 0.1) is 0 Å². The van der Waals surface area contributed by atoms with Crippen molar-refractivity contribution in [2.24, 2.45) is 0 Å².